The highest BCUT2D eigenvalue weighted by molar-refractivity contribution is 5.60. The molecule has 1 N–H and O–H groups in total. The van der Waals surface area contributed by atoms with E-state index < -0.39 is 0 Å². The predicted octanol–water partition coefficient (Wildman–Crippen LogP) is 2.69. The van der Waals surface area contributed by atoms with Gasteiger partial charge in [-0.15, -0.1) is 10.2 Å². The lowest BCUT2D eigenvalue weighted by atomic mass is 9.82. The molecule has 1 saturated carbocycles. The Balaban J connectivity index is 1.71. The summed E-state index contributed by atoms with van der Waals surface area (Å²) in [6.07, 6.45) is 4.29. The molecule has 0 atom stereocenters. The van der Waals surface area contributed by atoms with Gasteiger partial charge in [0, 0.05) is 24.3 Å². The first-order chi connectivity index (χ1) is 8.72. The molecule has 0 radical (unpaired) electrons. The van der Waals surface area contributed by atoms with Gasteiger partial charge in [0.05, 0.1) is 0 Å². The first kappa shape index (κ1) is 11.3. The van der Waals surface area contributed by atoms with Gasteiger partial charge in [0.2, 0.25) is 0 Å². The number of hydrogen-bond donors (Lipinski definition) is 1. The normalized spacial score (nSPS) is 22.6. The van der Waals surface area contributed by atoms with Gasteiger partial charge in [-0.05, 0) is 43.0 Å². The van der Waals surface area contributed by atoms with E-state index in [1.807, 2.05) is 11.6 Å². The second-order valence-electron chi connectivity index (χ2n) is 5.26. The fraction of sp³-hybridized carbons (Fsp3) is 0.429. The van der Waals surface area contributed by atoms with Crippen LogP contribution in [0.2, 0.25) is 0 Å². The quantitative estimate of drug-likeness (QED) is 0.899. The number of aryl methyl sites for hydroxylation is 1. The van der Waals surface area contributed by atoms with Crippen molar-refractivity contribution in [3.8, 4) is 11.4 Å². The number of nitrogens with one attached hydrogen (secondary N) is 1. The zero-order valence-electron chi connectivity index (χ0n) is 10.8. The molecule has 3 rings (SSSR count). The summed E-state index contributed by atoms with van der Waals surface area (Å²) in [7, 11) is 1.96. The summed E-state index contributed by atoms with van der Waals surface area (Å²) < 4.78 is 1.93. The van der Waals surface area contributed by atoms with Crippen molar-refractivity contribution >= 4 is 5.69 Å². The zero-order valence-corrected chi connectivity index (χ0v) is 10.8. The standard InChI is InChI=1S/C14H18N4/c1-10-7-13(8-10)16-12-5-3-11(4-6-12)14-17-15-9-18(14)2/h3-6,9-10,13,16H,7-8H2,1-2H3. The van der Waals surface area contributed by atoms with Crippen molar-refractivity contribution in [3.05, 3.63) is 30.6 Å². The second-order valence-corrected chi connectivity index (χ2v) is 5.26. The Morgan fingerprint density at radius 3 is 2.50 bits per heavy atom. The molecule has 4 nitrogen and oxygen atoms in total. The minimum atomic E-state index is 0.653. The molecule has 0 spiro atoms. The molecule has 1 aromatic carbocycles. The lowest BCUT2D eigenvalue weighted by Crippen LogP contribution is -2.33. The van der Waals surface area contributed by atoms with Crippen molar-refractivity contribution in [1.82, 2.24) is 14.8 Å². The molecule has 94 valence electrons. The molecule has 1 aliphatic rings. The molecule has 18 heavy (non-hydrogen) atoms. The minimum Gasteiger partial charge on any atom is -0.382 e. The molecular weight excluding hydrogens is 224 g/mol. The van der Waals surface area contributed by atoms with E-state index in [0.717, 1.165) is 17.3 Å². The van der Waals surface area contributed by atoms with E-state index in [1.54, 1.807) is 6.33 Å². The third-order valence-electron chi connectivity index (χ3n) is 3.60. The third kappa shape index (κ3) is 2.10. The highest BCUT2D eigenvalue weighted by Crippen LogP contribution is 2.29. The molecule has 1 fully saturated rings. The zero-order chi connectivity index (χ0) is 12.5. The average Bonchev–Trinajstić information content (AvgIpc) is 2.75. The highest BCUT2D eigenvalue weighted by atomic mass is 15.2. The average molecular weight is 242 g/mol. The van der Waals surface area contributed by atoms with Crippen molar-refractivity contribution in [2.45, 2.75) is 25.8 Å². The van der Waals surface area contributed by atoms with Crippen LogP contribution in [-0.4, -0.2) is 20.8 Å². The molecule has 1 aliphatic carbocycles. The van der Waals surface area contributed by atoms with Crippen molar-refractivity contribution < 1.29 is 0 Å². The van der Waals surface area contributed by atoms with Gasteiger partial charge in [0.1, 0.15) is 6.33 Å². The lowest BCUT2D eigenvalue weighted by Gasteiger charge is -2.34. The highest BCUT2D eigenvalue weighted by Gasteiger charge is 2.24. The van der Waals surface area contributed by atoms with Gasteiger partial charge in [-0.2, -0.15) is 0 Å². The largest absolute Gasteiger partial charge is 0.382 e. The summed E-state index contributed by atoms with van der Waals surface area (Å²) in [4.78, 5) is 0. The molecule has 1 aromatic heterocycles. The molecule has 0 saturated heterocycles. The molecule has 0 aliphatic heterocycles. The van der Waals surface area contributed by atoms with Crippen LogP contribution in [0.15, 0.2) is 30.6 Å². The van der Waals surface area contributed by atoms with E-state index >= 15 is 0 Å². The minimum absolute atomic E-state index is 0.653. The van der Waals surface area contributed by atoms with E-state index in [2.05, 4.69) is 46.7 Å². The van der Waals surface area contributed by atoms with Gasteiger partial charge in [0.25, 0.3) is 0 Å². The number of aromatic nitrogens is 3. The maximum Gasteiger partial charge on any atom is 0.163 e. The molecule has 0 amide bonds. The Morgan fingerprint density at radius 2 is 1.94 bits per heavy atom. The Morgan fingerprint density at radius 1 is 1.22 bits per heavy atom. The summed E-state index contributed by atoms with van der Waals surface area (Å²) in [5.74, 6) is 1.78. The van der Waals surface area contributed by atoms with Crippen LogP contribution < -0.4 is 5.32 Å². The van der Waals surface area contributed by atoms with Crippen LogP contribution in [0.1, 0.15) is 19.8 Å². The topological polar surface area (TPSA) is 42.7 Å². The monoisotopic (exact) mass is 242 g/mol. The Hall–Kier alpha value is -1.84. The Bertz CT molecular complexity index is 523. The van der Waals surface area contributed by atoms with Crippen LogP contribution in [-0.2, 0) is 7.05 Å². The van der Waals surface area contributed by atoms with Crippen LogP contribution in [0.5, 0.6) is 0 Å². The van der Waals surface area contributed by atoms with Crippen molar-refractivity contribution in [2.75, 3.05) is 5.32 Å². The third-order valence-corrected chi connectivity index (χ3v) is 3.60. The van der Waals surface area contributed by atoms with Crippen LogP contribution in [0.3, 0.4) is 0 Å². The number of anilines is 1. The number of hydrogen-bond acceptors (Lipinski definition) is 3. The predicted molar refractivity (Wildman–Crippen MR) is 72.2 cm³/mol. The van der Waals surface area contributed by atoms with E-state index in [-0.39, 0.29) is 0 Å². The van der Waals surface area contributed by atoms with Gasteiger partial charge in [-0.1, -0.05) is 6.92 Å². The molecule has 0 unspecified atom stereocenters. The number of nitrogens with zero attached hydrogens (tertiary/aromatic N) is 3. The SMILES string of the molecule is CC1CC(Nc2ccc(-c3nncn3C)cc2)C1. The fourth-order valence-electron chi connectivity index (χ4n) is 2.52. The van der Waals surface area contributed by atoms with Gasteiger partial charge in [-0.3, -0.25) is 0 Å². The summed E-state index contributed by atoms with van der Waals surface area (Å²) in [5, 5.41) is 11.6. The maximum absolute atomic E-state index is 4.11. The van der Waals surface area contributed by atoms with Crippen molar-refractivity contribution in [1.29, 1.82) is 0 Å². The van der Waals surface area contributed by atoms with Crippen molar-refractivity contribution in [2.24, 2.45) is 13.0 Å². The van der Waals surface area contributed by atoms with Gasteiger partial charge >= 0.3 is 0 Å². The maximum atomic E-state index is 4.11. The van der Waals surface area contributed by atoms with Gasteiger partial charge in [0.15, 0.2) is 5.82 Å². The Labute approximate surface area is 107 Å². The van der Waals surface area contributed by atoms with Crippen LogP contribution in [0, 0.1) is 5.92 Å². The molecule has 2 aromatic rings. The number of benzene rings is 1. The van der Waals surface area contributed by atoms with E-state index in [4.69, 9.17) is 0 Å². The summed E-state index contributed by atoms with van der Waals surface area (Å²) in [5.41, 5.74) is 2.29. The van der Waals surface area contributed by atoms with E-state index in [9.17, 15) is 0 Å². The van der Waals surface area contributed by atoms with Gasteiger partial charge in [-0.25, -0.2) is 0 Å². The molecule has 4 heteroatoms. The fourth-order valence-corrected chi connectivity index (χ4v) is 2.52. The van der Waals surface area contributed by atoms with E-state index in [1.165, 1.54) is 18.5 Å². The summed E-state index contributed by atoms with van der Waals surface area (Å²) in [6, 6.07) is 9.07. The lowest BCUT2D eigenvalue weighted by molar-refractivity contribution is 0.309. The van der Waals surface area contributed by atoms with Crippen LogP contribution in [0.4, 0.5) is 5.69 Å². The summed E-state index contributed by atoms with van der Waals surface area (Å²) in [6.45, 7) is 2.30. The molecule has 0 bridgehead atoms. The first-order valence-corrected chi connectivity index (χ1v) is 6.43. The van der Waals surface area contributed by atoms with E-state index in [0.29, 0.717) is 6.04 Å². The summed E-state index contributed by atoms with van der Waals surface area (Å²) >= 11 is 0. The van der Waals surface area contributed by atoms with Gasteiger partial charge < -0.3 is 9.88 Å². The second kappa shape index (κ2) is 4.44. The first-order valence-electron chi connectivity index (χ1n) is 6.43. The Kier molecular flexibility index (Phi) is 2.78. The molecular formula is C14H18N4. The van der Waals surface area contributed by atoms with Crippen molar-refractivity contribution in [3.63, 3.8) is 0 Å². The van der Waals surface area contributed by atoms with Crippen LogP contribution in [0.25, 0.3) is 11.4 Å². The molecule has 1 heterocycles. The smallest absolute Gasteiger partial charge is 0.163 e. The van der Waals surface area contributed by atoms with Crippen LogP contribution >= 0.6 is 0 Å². The number of rotatable bonds is 3.